The van der Waals surface area contributed by atoms with Gasteiger partial charge in [-0.15, -0.1) is 0 Å². The van der Waals surface area contributed by atoms with E-state index < -0.39 is 17.7 Å². The molecule has 0 radical (unpaired) electrons. The van der Waals surface area contributed by atoms with E-state index in [1.165, 1.54) is 12.1 Å². The third kappa shape index (κ3) is 3.53. The van der Waals surface area contributed by atoms with Gasteiger partial charge in [-0.3, -0.25) is 0 Å². The number of nitrogens with two attached hydrogens (primary N) is 1. The standard InChI is InChI=1S/C15H21F2NO2/c1-9-19-14(20-9)15(2,3)5-4-13(18)10-6-11(16)8-12(17)7-10/h6-9,13-14H,4-5,18H2,1-3H3/t9?,13-,14?/m0/s1. The minimum absolute atomic E-state index is 0.162. The highest BCUT2D eigenvalue weighted by atomic mass is 19.1. The van der Waals surface area contributed by atoms with Gasteiger partial charge in [-0.25, -0.2) is 8.78 Å². The molecule has 0 amide bonds. The van der Waals surface area contributed by atoms with Crippen molar-refractivity contribution in [2.45, 2.75) is 52.2 Å². The lowest BCUT2D eigenvalue weighted by Crippen LogP contribution is -2.48. The van der Waals surface area contributed by atoms with Crippen molar-refractivity contribution in [3.8, 4) is 0 Å². The summed E-state index contributed by atoms with van der Waals surface area (Å²) in [4.78, 5) is 0. The topological polar surface area (TPSA) is 44.5 Å². The Morgan fingerprint density at radius 3 is 2.25 bits per heavy atom. The largest absolute Gasteiger partial charge is 0.324 e. The van der Waals surface area contributed by atoms with Crippen LogP contribution in [0.25, 0.3) is 0 Å². The number of rotatable bonds is 5. The highest BCUT2D eigenvalue weighted by molar-refractivity contribution is 5.21. The normalized spacial score (nSPS) is 24.3. The summed E-state index contributed by atoms with van der Waals surface area (Å²) < 4.78 is 37.3. The van der Waals surface area contributed by atoms with Crippen LogP contribution >= 0.6 is 0 Å². The van der Waals surface area contributed by atoms with E-state index in [0.29, 0.717) is 12.0 Å². The number of hydrogen-bond acceptors (Lipinski definition) is 3. The minimum Gasteiger partial charge on any atom is -0.324 e. The minimum atomic E-state index is -0.603. The van der Waals surface area contributed by atoms with Gasteiger partial charge in [0.05, 0.1) is 0 Å². The van der Waals surface area contributed by atoms with Crippen molar-refractivity contribution in [3.05, 3.63) is 35.4 Å². The molecule has 0 unspecified atom stereocenters. The number of ether oxygens (including phenoxy) is 2. The van der Waals surface area contributed by atoms with E-state index in [2.05, 4.69) is 0 Å². The van der Waals surface area contributed by atoms with Gasteiger partial charge in [0.25, 0.3) is 0 Å². The summed E-state index contributed by atoms with van der Waals surface area (Å²) >= 11 is 0. The fraction of sp³-hybridized carbons (Fsp3) is 0.600. The molecule has 1 aromatic carbocycles. The van der Waals surface area contributed by atoms with Crippen LogP contribution in [0.5, 0.6) is 0 Å². The van der Waals surface area contributed by atoms with Crippen molar-refractivity contribution in [1.29, 1.82) is 0 Å². The first kappa shape index (κ1) is 15.4. The maximum absolute atomic E-state index is 13.2. The van der Waals surface area contributed by atoms with Gasteiger partial charge in [0, 0.05) is 17.5 Å². The molecule has 1 aliphatic heterocycles. The Balaban J connectivity index is 1.92. The van der Waals surface area contributed by atoms with Gasteiger partial charge in [0.1, 0.15) is 11.6 Å². The van der Waals surface area contributed by atoms with Crippen LogP contribution in [0.1, 0.15) is 45.2 Å². The van der Waals surface area contributed by atoms with E-state index >= 15 is 0 Å². The van der Waals surface area contributed by atoms with Crippen molar-refractivity contribution >= 4 is 0 Å². The van der Waals surface area contributed by atoms with Gasteiger partial charge in [-0.1, -0.05) is 13.8 Å². The molecule has 1 heterocycles. The van der Waals surface area contributed by atoms with Crippen molar-refractivity contribution < 1.29 is 18.3 Å². The van der Waals surface area contributed by atoms with Gasteiger partial charge in [0.2, 0.25) is 0 Å². The lowest BCUT2D eigenvalue weighted by molar-refractivity contribution is -0.407. The molecule has 0 spiro atoms. The Morgan fingerprint density at radius 2 is 1.75 bits per heavy atom. The molecule has 1 aliphatic rings. The Kier molecular flexibility index (Phi) is 4.42. The molecule has 1 saturated heterocycles. The second kappa shape index (κ2) is 5.76. The van der Waals surface area contributed by atoms with E-state index in [9.17, 15) is 8.78 Å². The van der Waals surface area contributed by atoms with E-state index in [1.807, 2.05) is 20.8 Å². The Labute approximate surface area is 118 Å². The summed E-state index contributed by atoms with van der Waals surface area (Å²) in [5.41, 5.74) is 6.30. The van der Waals surface area contributed by atoms with Crippen LogP contribution in [0.3, 0.4) is 0 Å². The molecule has 1 aromatic rings. The average molecular weight is 285 g/mol. The van der Waals surface area contributed by atoms with Crippen LogP contribution in [0.15, 0.2) is 18.2 Å². The lowest BCUT2D eigenvalue weighted by Gasteiger charge is -2.44. The van der Waals surface area contributed by atoms with Gasteiger partial charge in [0.15, 0.2) is 12.6 Å². The molecule has 5 heteroatoms. The van der Waals surface area contributed by atoms with Gasteiger partial charge < -0.3 is 15.2 Å². The zero-order chi connectivity index (χ0) is 14.9. The van der Waals surface area contributed by atoms with Crippen molar-refractivity contribution in [3.63, 3.8) is 0 Å². The Morgan fingerprint density at radius 1 is 1.20 bits per heavy atom. The SMILES string of the molecule is CC1OC(C(C)(C)CC[C@H](N)c2cc(F)cc(F)c2)O1. The molecule has 0 saturated carbocycles. The number of hydrogen-bond donors (Lipinski definition) is 1. The predicted octanol–water partition coefficient (Wildman–Crippen LogP) is 3.49. The third-order valence-electron chi connectivity index (χ3n) is 3.68. The molecule has 20 heavy (non-hydrogen) atoms. The second-order valence-electron chi connectivity index (χ2n) is 6.01. The fourth-order valence-corrected chi connectivity index (χ4v) is 2.33. The van der Waals surface area contributed by atoms with Crippen LogP contribution < -0.4 is 5.73 Å². The average Bonchev–Trinajstić information content (AvgIpc) is 2.31. The summed E-state index contributed by atoms with van der Waals surface area (Å²) in [7, 11) is 0. The number of benzene rings is 1. The molecule has 1 fully saturated rings. The highest BCUT2D eigenvalue weighted by Gasteiger charge is 2.40. The lowest BCUT2D eigenvalue weighted by atomic mass is 9.84. The highest BCUT2D eigenvalue weighted by Crippen LogP contribution is 2.38. The Bertz CT molecular complexity index is 453. The smallest absolute Gasteiger partial charge is 0.168 e. The maximum atomic E-state index is 13.2. The summed E-state index contributed by atoms with van der Waals surface area (Å²) in [6.07, 6.45) is 0.941. The Hall–Kier alpha value is -1.04. The van der Waals surface area contributed by atoms with Crippen molar-refractivity contribution in [2.24, 2.45) is 11.1 Å². The van der Waals surface area contributed by atoms with Crippen LogP contribution in [-0.4, -0.2) is 12.6 Å². The first-order chi connectivity index (χ1) is 9.28. The van der Waals surface area contributed by atoms with Crippen LogP contribution in [0.2, 0.25) is 0 Å². The van der Waals surface area contributed by atoms with E-state index in [1.54, 1.807) is 0 Å². The summed E-state index contributed by atoms with van der Waals surface area (Å²) in [6, 6.07) is 2.99. The summed E-state index contributed by atoms with van der Waals surface area (Å²) in [5.74, 6) is -1.21. The van der Waals surface area contributed by atoms with Crippen molar-refractivity contribution in [2.75, 3.05) is 0 Å². The first-order valence-electron chi connectivity index (χ1n) is 6.80. The van der Waals surface area contributed by atoms with E-state index in [0.717, 1.165) is 12.5 Å². The number of halogens is 2. The predicted molar refractivity (Wildman–Crippen MR) is 71.7 cm³/mol. The molecule has 112 valence electrons. The molecule has 0 aliphatic carbocycles. The first-order valence-corrected chi connectivity index (χ1v) is 6.80. The molecule has 1 atom stereocenters. The third-order valence-corrected chi connectivity index (χ3v) is 3.68. The molecule has 3 nitrogen and oxygen atoms in total. The molecule has 2 rings (SSSR count). The van der Waals surface area contributed by atoms with Gasteiger partial charge in [-0.2, -0.15) is 0 Å². The molecule has 0 bridgehead atoms. The zero-order valence-electron chi connectivity index (χ0n) is 12.0. The zero-order valence-corrected chi connectivity index (χ0v) is 12.0. The molecule has 0 aromatic heterocycles. The van der Waals surface area contributed by atoms with E-state index in [-0.39, 0.29) is 18.0 Å². The van der Waals surface area contributed by atoms with Crippen LogP contribution in [0, 0.1) is 17.0 Å². The van der Waals surface area contributed by atoms with Crippen molar-refractivity contribution in [1.82, 2.24) is 0 Å². The van der Waals surface area contributed by atoms with Gasteiger partial charge >= 0.3 is 0 Å². The fourth-order valence-electron chi connectivity index (χ4n) is 2.33. The summed E-state index contributed by atoms with van der Waals surface area (Å²) in [6.45, 7) is 5.90. The maximum Gasteiger partial charge on any atom is 0.168 e. The summed E-state index contributed by atoms with van der Waals surface area (Å²) in [5, 5.41) is 0. The van der Waals surface area contributed by atoms with Crippen LogP contribution in [0.4, 0.5) is 8.78 Å². The van der Waals surface area contributed by atoms with E-state index in [4.69, 9.17) is 15.2 Å². The second-order valence-corrected chi connectivity index (χ2v) is 6.01. The quantitative estimate of drug-likeness (QED) is 0.900. The van der Waals surface area contributed by atoms with Crippen LogP contribution in [-0.2, 0) is 9.47 Å². The monoisotopic (exact) mass is 285 g/mol. The molecular weight excluding hydrogens is 264 g/mol. The van der Waals surface area contributed by atoms with Gasteiger partial charge in [-0.05, 0) is 37.5 Å². The molecular formula is C15H21F2NO2. The molecule has 2 N–H and O–H groups in total.